The van der Waals surface area contributed by atoms with Crippen molar-refractivity contribution in [3.8, 4) is 5.75 Å². The van der Waals surface area contributed by atoms with Gasteiger partial charge in [0.25, 0.3) is 0 Å². The van der Waals surface area contributed by atoms with Gasteiger partial charge in [0.15, 0.2) is 0 Å². The van der Waals surface area contributed by atoms with Crippen LogP contribution in [0.5, 0.6) is 5.75 Å². The highest BCUT2D eigenvalue weighted by molar-refractivity contribution is 5.84. The zero-order chi connectivity index (χ0) is 16.4. The molecule has 2 nitrogen and oxygen atoms in total. The molecule has 1 fully saturated rings. The van der Waals surface area contributed by atoms with Crippen molar-refractivity contribution < 1.29 is 9.84 Å². The second kappa shape index (κ2) is 6.52. The molecule has 1 saturated carbocycles. The first-order valence-electron chi connectivity index (χ1n) is 8.76. The molecule has 2 heteroatoms. The summed E-state index contributed by atoms with van der Waals surface area (Å²) in [5, 5.41) is 11.5. The molecule has 1 aliphatic rings. The maximum absolute atomic E-state index is 9.22. The van der Waals surface area contributed by atoms with E-state index in [2.05, 4.69) is 45.0 Å². The van der Waals surface area contributed by atoms with Gasteiger partial charge < -0.3 is 9.84 Å². The fourth-order valence-corrected chi connectivity index (χ4v) is 3.68. The van der Waals surface area contributed by atoms with Crippen LogP contribution in [0.4, 0.5) is 0 Å². The summed E-state index contributed by atoms with van der Waals surface area (Å²) in [6, 6.07) is 12.3. The predicted octanol–water partition coefficient (Wildman–Crippen LogP) is 5.32. The Kier molecular flexibility index (Phi) is 4.63. The summed E-state index contributed by atoms with van der Waals surface area (Å²) >= 11 is 0. The Morgan fingerprint density at radius 2 is 1.61 bits per heavy atom. The van der Waals surface area contributed by atoms with Crippen molar-refractivity contribution in [1.29, 1.82) is 0 Å². The number of hydrogen-bond acceptors (Lipinski definition) is 2. The van der Waals surface area contributed by atoms with Crippen molar-refractivity contribution in [2.75, 3.05) is 0 Å². The molecular formula is C21H28O2. The van der Waals surface area contributed by atoms with Crippen molar-refractivity contribution in [3.63, 3.8) is 0 Å². The van der Waals surface area contributed by atoms with Gasteiger partial charge in [0.05, 0.1) is 12.7 Å². The highest BCUT2D eigenvalue weighted by atomic mass is 16.5. The van der Waals surface area contributed by atoms with E-state index in [1.54, 1.807) is 0 Å². The molecule has 0 bridgehead atoms. The van der Waals surface area contributed by atoms with E-state index >= 15 is 0 Å². The maximum Gasteiger partial charge on any atom is 0.120 e. The van der Waals surface area contributed by atoms with Crippen molar-refractivity contribution in [2.45, 2.75) is 59.2 Å². The highest BCUT2D eigenvalue weighted by Crippen LogP contribution is 2.38. The summed E-state index contributed by atoms with van der Waals surface area (Å²) in [7, 11) is 0. The van der Waals surface area contributed by atoms with Crippen LogP contribution >= 0.6 is 0 Å². The minimum atomic E-state index is 0.0885. The average Bonchev–Trinajstić information content (AvgIpc) is 2.54. The zero-order valence-corrected chi connectivity index (χ0v) is 14.5. The third-order valence-electron chi connectivity index (χ3n) is 5.26. The molecule has 0 spiro atoms. The van der Waals surface area contributed by atoms with Gasteiger partial charge in [-0.3, -0.25) is 0 Å². The quantitative estimate of drug-likeness (QED) is 0.831. The van der Waals surface area contributed by atoms with Gasteiger partial charge >= 0.3 is 0 Å². The van der Waals surface area contributed by atoms with E-state index in [0.29, 0.717) is 11.5 Å². The highest BCUT2D eigenvalue weighted by Gasteiger charge is 2.30. The van der Waals surface area contributed by atoms with E-state index in [4.69, 9.17) is 4.74 Å². The lowest BCUT2D eigenvalue weighted by atomic mass is 9.72. The molecule has 124 valence electrons. The van der Waals surface area contributed by atoms with Crippen LogP contribution in [0.3, 0.4) is 0 Å². The summed E-state index contributed by atoms with van der Waals surface area (Å²) in [6.07, 6.45) is 5.19. The van der Waals surface area contributed by atoms with Crippen molar-refractivity contribution in [1.82, 2.24) is 0 Å². The molecule has 2 aromatic rings. The van der Waals surface area contributed by atoms with Crippen molar-refractivity contribution in [3.05, 3.63) is 42.0 Å². The van der Waals surface area contributed by atoms with E-state index in [1.807, 2.05) is 12.1 Å². The largest absolute Gasteiger partial charge is 0.490 e. The van der Waals surface area contributed by atoms with E-state index < -0.39 is 0 Å². The third kappa shape index (κ3) is 3.87. The predicted molar refractivity (Wildman–Crippen MR) is 95.7 cm³/mol. The second-order valence-corrected chi connectivity index (χ2v) is 7.96. The van der Waals surface area contributed by atoms with Crippen LogP contribution in [0.1, 0.15) is 52.0 Å². The van der Waals surface area contributed by atoms with Gasteiger partial charge in [-0.15, -0.1) is 0 Å². The van der Waals surface area contributed by atoms with Gasteiger partial charge in [-0.2, -0.15) is 0 Å². The summed E-state index contributed by atoms with van der Waals surface area (Å²) in [5.74, 6) is 1.78. The van der Waals surface area contributed by atoms with Crippen LogP contribution in [0.25, 0.3) is 10.8 Å². The fourth-order valence-electron chi connectivity index (χ4n) is 3.68. The molecule has 3 rings (SSSR count). The topological polar surface area (TPSA) is 29.5 Å². The monoisotopic (exact) mass is 312 g/mol. The van der Waals surface area contributed by atoms with Gasteiger partial charge in [-0.1, -0.05) is 39.0 Å². The summed E-state index contributed by atoms with van der Waals surface area (Å²) in [5.41, 5.74) is 1.37. The Hall–Kier alpha value is -1.54. The normalized spacial score (nSPS) is 22.3. The minimum absolute atomic E-state index is 0.0885. The Morgan fingerprint density at radius 3 is 2.26 bits per heavy atom. The fraction of sp³-hybridized carbons (Fsp3) is 0.524. The SMILES string of the molecule is CC(C)(C)[C@H]1CC[C@H](Oc2ccc3cc(CO)ccc3c2)CC1. The van der Waals surface area contributed by atoms with E-state index in [-0.39, 0.29) is 6.61 Å². The Labute approximate surface area is 139 Å². The van der Waals surface area contributed by atoms with E-state index in [9.17, 15) is 5.11 Å². The third-order valence-corrected chi connectivity index (χ3v) is 5.26. The Bertz CT molecular complexity index is 661. The molecule has 0 radical (unpaired) electrons. The first-order chi connectivity index (χ1) is 11.0. The number of fused-ring (bicyclic) bond motifs is 1. The van der Waals surface area contributed by atoms with Crippen LogP contribution in [0.2, 0.25) is 0 Å². The first kappa shape index (κ1) is 16.3. The van der Waals surface area contributed by atoms with E-state index in [1.165, 1.54) is 18.2 Å². The van der Waals surface area contributed by atoms with Crippen LogP contribution in [-0.4, -0.2) is 11.2 Å². The van der Waals surface area contributed by atoms with Crippen LogP contribution in [-0.2, 0) is 6.61 Å². The lowest BCUT2D eigenvalue weighted by Crippen LogP contribution is -2.30. The molecule has 0 unspecified atom stereocenters. The molecule has 0 saturated heterocycles. The molecule has 0 amide bonds. The molecule has 2 aromatic carbocycles. The zero-order valence-electron chi connectivity index (χ0n) is 14.5. The molecule has 0 atom stereocenters. The molecule has 1 aliphatic carbocycles. The van der Waals surface area contributed by atoms with Gasteiger partial charge in [0.1, 0.15) is 5.75 Å². The first-order valence-corrected chi connectivity index (χ1v) is 8.76. The van der Waals surface area contributed by atoms with Crippen LogP contribution in [0.15, 0.2) is 36.4 Å². The number of rotatable bonds is 3. The lowest BCUT2D eigenvalue weighted by molar-refractivity contribution is 0.0883. The summed E-state index contributed by atoms with van der Waals surface area (Å²) < 4.78 is 6.23. The van der Waals surface area contributed by atoms with Gasteiger partial charge in [0.2, 0.25) is 0 Å². The number of hydrogen-bond donors (Lipinski definition) is 1. The number of aliphatic hydroxyl groups excluding tert-OH is 1. The number of ether oxygens (including phenoxy) is 1. The summed E-state index contributed by atoms with van der Waals surface area (Å²) in [4.78, 5) is 0. The minimum Gasteiger partial charge on any atom is -0.490 e. The lowest BCUT2D eigenvalue weighted by Gasteiger charge is -2.37. The molecule has 0 heterocycles. The molecule has 23 heavy (non-hydrogen) atoms. The second-order valence-electron chi connectivity index (χ2n) is 7.96. The summed E-state index contributed by atoms with van der Waals surface area (Å²) in [6.45, 7) is 7.14. The molecule has 0 aliphatic heterocycles. The average molecular weight is 312 g/mol. The molecular weight excluding hydrogens is 284 g/mol. The van der Waals surface area contributed by atoms with Crippen LogP contribution in [0, 0.1) is 11.3 Å². The standard InChI is InChI=1S/C21H28O2/c1-21(2,3)18-7-10-19(11-8-18)23-20-9-6-16-12-15(14-22)4-5-17(16)13-20/h4-6,9,12-13,18-19,22H,7-8,10-11,14H2,1-3H3/t18-,19-. The Balaban J connectivity index is 1.66. The van der Waals surface area contributed by atoms with Crippen molar-refractivity contribution >= 4 is 10.8 Å². The van der Waals surface area contributed by atoms with Gasteiger partial charge in [-0.05, 0) is 71.6 Å². The number of aliphatic hydroxyl groups is 1. The molecule has 0 aromatic heterocycles. The van der Waals surface area contributed by atoms with Gasteiger partial charge in [-0.25, -0.2) is 0 Å². The van der Waals surface area contributed by atoms with Crippen LogP contribution < -0.4 is 4.74 Å². The number of benzene rings is 2. The van der Waals surface area contributed by atoms with E-state index in [0.717, 1.165) is 35.5 Å². The smallest absolute Gasteiger partial charge is 0.120 e. The van der Waals surface area contributed by atoms with Crippen molar-refractivity contribution in [2.24, 2.45) is 11.3 Å². The maximum atomic E-state index is 9.22. The molecule has 1 N–H and O–H groups in total. The van der Waals surface area contributed by atoms with Gasteiger partial charge in [0, 0.05) is 0 Å². The Morgan fingerprint density at radius 1 is 0.957 bits per heavy atom.